The molecular weight excluding hydrogens is 279 g/mol. The Labute approximate surface area is 130 Å². The highest BCUT2D eigenvalue weighted by Crippen LogP contribution is 2.21. The van der Waals surface area contributed by atoms with Crippen LogP contribution in [0.4, 0.5) is 4.39 Å². The third-order valence-electron chi connectivity index (χ3n) is 4.11. The minimum absolute atomic E-state index is 0.0493. The van der Waals surface area contributed by atoms with Crippen molar-refractivity contribution < 1.29 is 9.13 Å². The summed E-state index contributed by atoms with van der Waals surface area (Å²) in [4.78, 5) is 2.36. The predicted molar refractivity (Wildman–Crippen MR) is 85.4 cm³/mol. The van der Waals surface area contributed by atoms with E-state index < -0.39 is 0 Å². The molecule has 4 heteroatoms. The molecule has 1 saturated heterocycles. The second-order valence-electron chi connectivity index (χ2n) is 5.61. The predicted octanol–water partition coefficient (Wildman–Crippen LogP) is 2.98. The van der Waals surface area contributed by atoms with Gasteiger partial charge in [-0.3, -0.25) is 4.90 Å². The number of nitrogens with zero attached hydrogens (tertiary/aromatic N) is 1. The average molecular weight is 300 g/mol. The van der Waals surface area contributed by atoms with E-state index in [1.54, 1.807) is 13.2 Å². The third kappa shape index (κ3) is 3.46. The topological polar surface area (TPSA) is 24.5 Å². The molecule has 1 unspecified atom stereocenters. The zero-order valence-electron chi connectivity index (χ0n) is 12.8. The Hall–Kier alpha value is -1.91. The molecule has 1 aliphatic rings. The van der Waals surface area contributed by atoms with Crippen LogP contribution in [-0.4, -0.2) is 31.6 Å². The van der Waals surface area contributed by atoms with Crippen LogP contribution in [0, 0.1) is 5.82 Å². The molecule has 22 heavy (non-hydrogen) atoms. The fraction of sp³-hybridized carbons (Fsp3) is 0.333. The zero-order chi connectivity index (χ0) is 15.4. The highest BCUT2D eigenvalue weighted by Gasteiger charge is 2.22. The van der Waals surface area contributed by atoms with E-state index in [1.165, 1.54) is 11.6 Å². The lowest BCUT2D eigenvalue weighted by Crippen LogP contribution is -2.45. The van der Waals surface area contributed by atoms with E-state index in [1.807, 2.05) is 24.3 Å². The molecule has 0 aliphatic carbocycles. The van der Waals surface area contributed by atoms with Crippen molar-refractivity contribution in [2.75, 3.05) is 26.7 Å². The van der Waals surface area contributed by atoms with Crippen LogP contribution in [0.1, 0.15) is 17.2 Å². The minimum atomic E-state index is -0.133. The second kappa shape index (κ2) is 6.90. The van der Waals surface area contributed by atoms with E-state index in [4.69, 9.17) is 4.74 Å². The van der Waals surface area contributed by atoms with Crippen molar-refractivity contribution in [1.82, 2.24) is 10.2 Å². The molecule has 0 radical (unpaired) electrons. The van der Waals surface area contributed by atoms with E-state index >= 15 is 0 Å². The summed E-state index contributed by atoms with van der Waals surface area (Å²) in [5.74, 6) is 0.736. The summed E-state index contributed by atoms with van der Waals surface area (Å²) in [5, 5.41) is 3.41. The van der Waals surface area contributed by atoms with Crippen molar-refractivity contribution in [2.45, 2.75) is 12.6 Å². The maximum Gasteiger partial charge on any atom is 0.128 e. The van der Waals surface area contributed by atoms with E-state index in [9.17, 15) is 4.39 Å². The standard InChI is InChI=1S/C18H21FN2O/c1-22-15-8-6-14(7-9-15)12-21-11-10-20-18(13-21)16-4-2-3-5-17(16)19/h2-9,18,20H,10-13H2,1H3. The molecule has 1 aliphatic heterocycles. The van der Waals surface area contributed by atoms with Gasteiger partial charge in [0.25, 0.3) is 0 Å². The van der Waals surface area contributed by atoms with Crippen molar-refractivity contribution in [2.24, 2.45) is 0 Å². The van der Waals surface area contributed by atoms with Gasteiger partial charge in [-0.2, -0.15) is 0 Å². The van der Waals surface area contributed by atoms with Gasteiger partial charge >= 0.3 is 0 Å². The second-order valence-corrected chi connectivity index (χ2v) is 5.61. The lowest BCUT2D eigenvalue weighted by Gasteiger charge is -2.34. The van der Waals surface area contributed by atoms with Crippen LogP contribution in [0.2, 0.25) is 0 Å². The summed E-state index contributed by atoms with van der Waals surface area (Å²) in [6.07, 6.45) is 0. The monoisotopic (exact) mass is 300 g/mol. The molecule has 0 amide bonds. The maximum absolute atomic E-state index is 13.9. The molecule has 3 rings (SSSR count). The molecule has 0 bridgehead atoms. The Bertz CT molecular complexity index is 615. The average Bonchev–Trinajstić information content (AvgIpc) is 2.56. The van der Waals surface area contributed by atoms with Crippen molar-refractivity contribution in [3.05, 3.63) is 65.5 Å². The van der Waals surface area contributed by atoms with Gasteiger partial charge in [0, 0.05) is 37.8 Å². The van der Waals surface area contributed by atoms with Crippen molar-refractivity contribution in [3.8, 4) is 5.75 Å². The van der Waals surface area contributed by atoms with Crippen LogP contribution >= 0.6 is 0 Å². The van der Waals surface area contributed by atoms with Crippen molar-refractivity contribution >= 4 is 0 Å². The largest absolute Gasteiger partial charge is 0.497 e. The molecule has 1 atom stereocenters. The van der Waals surface area contributed by atoms with Crippen LogP contribution < -0.4 is 10.1 Å². The van der Waals surface area contributed by atoms with Gasteiger partial charge in [-0.15, -0.1) is 0 Å². The van der Waals surface area contributed by atoms with Crippen LogP contribution in [0.15, 0.2) is 48.5 Å². The first-order valence-electron chi connectivity index (χ1n) is 7.59. The summed E-state index contributed by atoms with van der Waals surface area (Å²) in [6.45, 7) is 3.52. The highest BCUT2D eigenvalue weighted by atomic mass is 19.1. The normalized spacial score (nSPS) is 19.1. The molecule has 0 saturated carbocycles. The Morgan fingerprint density at radius 3 is 2.68 bits per heavy atom. The first-order valence-corrected chi connectivity index (χ1v) is 7.59. The molecule has 1 N–H and O–H groups in total. The molecule has 2 aromatic carbocycles. The van der Waals surface area contributed by atoms with E-state index in [0.29, 0.717) is 0 Å². The fourth-order valence-electron chi connectivity index (χ4n) is 2.91. The smallest absolute Gasteiger partial charge is 0.128 e. The van der Waals surface area contributed by atoms with Gasteiger partial charge in [-0.05, 0) is 23.8 Å². The quantitative estimate of drug-likeness (QED) is 0.939. The van der Waals surface area contributed by atoms with Gasteiger partial charge in [-0.25, -0.2) is 4.39 Å². The van der Waals surface area contributed by atoms with Gasteiger partial charge < -0.3 is 10.1 Å². The molecule has 3 nitrogen and oxygen atoms in total. The number of ether oxygens (including phenoxy) is 1. The molecule has 2 aromatic rings. The number of piperazine rings is 1. The van der Waals surface area contributed by atoms with E-state index in [0.717, 1.165) is 37.5 Å². The molecule has 0 spiro atoms. The number of hydrogen-bond donors (Lipinski definition) is 1. The Morgan fingerprint density at radius 1 is 1.18 bits per heavy atom. The van der Waals surface area contributed by atoms with E-state index in [-0.39, 0.29) is 11.9 Å². The number of methoxy groups -OCH3 is 1. The van der Waals surface area contributed by atoms with Crippen LogP contribution in [0.5, 0.6) is 5.75 Å². The fourth-order valence-corrected chi connectivity index (χ4v) is 2.91. The van der Waals surface area contributed by atoms with Gasteiger partial charge in [0.05, 0.1) is 7.11 Å². The summed E-state index contributed by atoms with van der Waals surface area (Å²) in [7, 11) is 1.67. The summed E-state index contributed by atoms with van der Waals surface area (Å²) >= 11 is 0. The van der Waals surface area contributed by atoms with Crippen LogP contribution in [0.3, 0.4) is 0 Å². The van der Waals surface area contributed by atoms with Crippen LogP contribution in [0.25, 0.3) is 0 Å². The van der Waals surface area contributed by atoms with Crippen LogP contribution in [-0.2, 0) is 6.54 Å². The minimum Gasteiger partial charge on any atom is -0.497 e. The number of nitrogens with one attached hydrogen (secondary N) is 1. The summed E-state index contributed by atoms with van der Waals surface area (Å²) in [6, 6.07) is 15.2. The maximum atomic E-state index is 13.9. The molecule has 0 aromatic heterocycles. The number of hydrogen-bond acceptors (Lipinski definition) is 3. The Morgan fingerprint density at radius 2 is 1.95 bits per heavy atom. The number of halogens is 1. The lowest BCUT2D eigenvalue weighted by molar-refractivity contribution is 0.191. The third-order valence-corrected chi connectivity index (χ3v) is 4.11. The molecular formula is C18H21FN2O. The molecule has 1 fully saturated rings. The number of benzene rings is 2. The first kappa shape index (κ1) is 15.0. The van der Waals surface area contributed by atoms with Gasteiger partial charge in [0.1, 0.15) is 11.6 Å². The zero-order valence-corrected chi connectivity index (χ0v) is 12.8. The molecule has 1 heterocycles. The molecule has 116 valence electrons. The van der Waals surface area contributed by atoms with Crippen molar-refractivity contribution in [1.29, 1.82) is 0 Å². The van der Waals surface area contributed by atoms with Gasteiger partial charge in [-0.1, -0.05) is 30.3 Å². The first-order chi connectivity index (χ1) is 10.8. The number of rotatable bonds is 4. The van der Waals surface area contributed by atoms with Gasteiger partial charge in [0.15, 0.2) is 0 Å². The summed E-state index contributed by atoms with van der Waals surface area (Å²) < 4.78 is 19.1. The SMILES string of the molecule is COc1ccc(CN2CCNC(c3ccccc3F)C2)cc1. The Balaban J connectivity index is 1.66. The Kier molecular flexibility index (Phi) is 4.71. The van der Waals surface area contributed by atoms with Gasteiger partial charge in [0.2, 0.25) is 0 Å². The lowest BCUT2D eigenvalue weighted by atomic mass is 10.0. The summed E-state index contributed by atoms with van der Waals surface area (Å²) in [5.41, 5.74) is 2.00. The highest BCUT2D eigenvalue weighted by molar-refractivity contribution is 5.27. The van der Waals surface area contributed by atoms with Crippen molar-refractivity contribution in [3.63, 3.8) is 0 Å². The van der Waals surface area contributed by atoms with E-state index in [2.05, 4.69) is 22.3 Å².